The van der Waals surface area contributed by atoms with Crippen molar-refractivity contribution in [2.24, 2.45) is 7.05 Å². The molecule has 1 amide bonds. The summed E-state index contributed by atoms with van der Waals surface area (Å²) < 4.78 is 52.9. The van der Waals surface area contributed by atoms with Gasteiger partial charge in [-0.2, -0.15) is 0 Å². The lowest BCUT2D eigenvalue weighted by atomic mass is 9.91. The van der Waals surface area contributed by atoms with Gasteiger partial charge in [-0.05, 0) is 12.8 Å². The molecule has 1 heterocycles. The lowest BCUT2D eigenvalue weighted by Gasteiger charge is -2.34. The number of nitrogens with zero attached hydrogens (tertiary/aromatic N) is 4. The van der Waals surface area contributed by atoms with Crippen molar-refractivity contribution < 1.29 is 22.4 Å². The highest BCUT2D eigenvalue weighted by Crippen LogP contribution is 2.35. The van der Waals surface area contributed by atoms with E-state index >= 15 is 0 Å². The highest BCUT2D eigenvalue weighted by molar-refractivity contribution is 5.93. The summed E-state index contributed by atoms with van der Waals surface area (Å²) in [4.78, 5) is 13.4. The summed E-state index contributed by atoms with van der Waals surface area (Å²) in [5.74, 6) is -3.42. The highest BCUT2D eigenvalue weighted by atomic mass is 19.3. The van der Waals surface area contributed by atoms with Gasteiger partial charge < -0.3 is 4.90 Å². The van der Waals surface area contributed by atoms with E-state index in [4.69, 9.17) is 0 Å². The van der Waals surface area contributed by atoms with Crippen molar-refractivity contribution in [2.75, 3.05) is 7.05 Å². The summed E-state index contributed by atoms with van der Waals surface area (Å²) in [6, 6.07) is -0.398. The third-order valence-electron chi connectivity index (χ3n) is 3.83. The molecule has 0 N–H and O–H groups in total. The van der Waals surface area contributed by atoms with Crippen LogP contribution in [0.15, 0.2) is 0 Å². The second-order valence-corrected chi connectivity index (χ2v) is 5.25. The Morgan fingerprint density at radius 3 is 2.48 bits per heavy atom. The Hall–Kier alpha value is -1.67. The summed E-state index contributed by atoms with van der Waals surface area (Å²) in [5.41, 5.74) is -0.986. The van der Waals surface area contributed by atoms with E-state index < -0.39 is 35.7 Å². The second kappa shape index (κ2) is 5.61. The smallest absolute Gasteiger partial charge is 0.282 e. The third-order valence-corrected chi connectivity index (χ3v) is 3.83. The molecule has 118 valence electrons. The molecule has 5 nitrogen and oxygen atoms in total. The van der Waals surface area contributed by atoms with Gasteiger partial charge in [0.1, 0.15) is 5.69 Å². The van der Waals surface area contributed by atoms with Gasteiger partial charge in [-0.3, -0.25) is 4.79 Å². The van der Waals surface area contributed by atoms with Crippen LogP contribution in [0, 0.1) is 0 Å². The fourth-order valence-corrected chi connectivity index (χ4v) is 2.51. The van der Waals surface area contributed by atoms with Crippen LogP contribution < -0.4 is 0 Å². The van der Waals surface area contributed by atoms with Crippen LogP contribution in [0.1, 0.15) is 48.3 Å². The first kappa shape index (κ1) is 15.7. The zero-order chi connectivity index (χ0) is 15.8. The van der Waals surface area contributed by atoms with E-state index in [9.17, 15) is 22.4 Å². The molecule has 0 saturated heterocycles. The Kier molecular flexibility index (Phi) is 4.20. The maximum atomic E-state index is 13.1. The van der Waals surface area contributed by atoms with Crippen LogP contribution in [0.2, 0.25) is 0 Å². The quantitative estimate of drug-likeness (QED) is 0.806. The van der Waals surface area contributed by atoms with E-state index in [1.165, 1.54) is 19.0 Å². The molecule has 1 saturated carbocycles. The average molecular weight is 308 g/mol. The van der Waals surface area contributed by atoms with E-state index in [0.29, 0.717) is 0 Å². The van der Waals surface area contributed by atoms with E-state index in [2.05, 4.69) is 10.3 Å². The average Bonchev–Trinajstić information content (AvgIpc) is 2.79. The predicted octanol–water partition coefficient (Wildman–Crippen LogP) is 2.40. The molecule has 1 aromatic rings. The zero-order valence-corrected chi connectivity index (χ0v) is 11.7. The van der Waals surface area contributed by atoms with Gasteiger partial charge in [0.05, 0.1) is 0 Å². The summed E-state index contributed by atoms with van der Waals surface area (Å²) in [7, 11) is 2.69. The maximum Gasteiger partial charge on any atom is 0.282 e. The molecule has 0 aromatic carbocycles. The molecule has 0 radical (unpaired) electrons. The van der Waals surface area contributed by atoms with Crippen LogP contribution in [0.4, 0.5) is 17.6 Å². The number of halogens is 4. The van der Waals surface area contributed by atoms with Crippen LogP contribution >= 0.6 is 0 Å². The van der Waals surface area contributed by atoms with Crippen molar-refractivity contribution in [3.63, 3.8) is 0 Å². The van der Waals surface area contributed by atoms with E-state index in [1.807, 2.05) is 0 Å². The Morgan fingerprint density at radius 2 is 1.95 bits per heavy atom. The standard InChI is InChI=1S/C12H16F4N4O/c1-19(7-3-5-12(15,16)6-4-7)11(21)8-9(10(13)14)20(2)18-17-8/h7,10H,3-6H2,1-2H3. The fourth-order valence-electron chi connectivity index (χ4n) is 2.51. The first-order valence-electron chi connectivity index (χ1n) is 6.55. The molecule has 0 atom stereocenters. The first-order chi connectivity index (χ1) is 9.73. The molecule has 0 unspecified atom stereocenters. The van der Waals surface area contributed by atoms with Gasteiger partial charge in [0, 0.05) is 33.0 Å². The molecule has 0 aliphatic heterocycles. The van der Waals surface area contributed by atoms with Crippen molar-refractivity contribution in [1.29, 1.82) is 0 Å². The maximum absolute atomic E-state index is 13.1. The van der Waals surface area contributed by atoms with Gasteiger partial charge in [0.25, 0.3) is 12.3 Å². The summed E-state index contributed by atoms with van der Waals surface area (Å²) in [6.07, 6.45) is -3.22. The van der Waals surface area contributed by atoms with Crippen LogP contribution in [-0.2, 0) is 7.05 Å². The normalized spacial score (nSPS) is 19.0. The molecule has 0 spiro atoms. The summed E-state index contributed by atoms with van der Waals surface area (Å²) in [6.45, 7) is 0. The third kappa shape index (κ3) is 3.16. The van der Waals surface area contributed by atoms with Crippen LogP contribution in [0.3, 0.4) is 0 Å². The molecule has 1 aliphatic rings. The Balaban J connectivity index is 2.13. The first-order valence-corrected chi connectivity index (χ1v) is 6.55. The molecule has 21 heavy (non-hydrogen) atoms. The van der Waals surface area contributed by atoms with Gasteiger partial charge in [-0.1, -0.05) is 5.21 Å². The zero-order valence-electron chi connectivity index (χ0n) is 11.7. The monoisotopic (exact) mass is 308 g/mol. The number of aryl methyl sites for hydroxylation is 1. The van der Waals surface area contributed by atoms with Gasteiger partial charge in [-0.25, -0.2) is 22.2 Å². The summed E-state index contributed by atoms with van der Waals surface area (Å²) in [5, 5.41) is 6.90. The molecular weight excluding hydrogens is 292 g/mol. The van der Waals surface area contributed by atoms with E-state index in [0.717, 1.165) is 4.68 Å². The van der Waals surface area contributed by atoms with Crippen molar-refractivity contribution in [3.05, 3.63) is 11.4 Å². The van der Waals surface area contributed by atoms with Gasteiger partial charge in [0.2, 0.25) is 5.92 Å². The molecule has 0 bridgehead atoms. The lowest BCUT2D eigenvalue weighted by Crippen LogP contribution is -2.42. The van der Waals surface area contributed by atoms with Crippen molar-refractivity contribution in [2.45, 2.75) is 44.1 Å². The van der Waals surface area contributed by atoms with Crippen molar-refractivity contribution in [1.82, 2.24) is 19.9 Å². The number of carbonyl (C=O) groups excluding carboxylic acids is 1. The number of carbonyl (C=O) groups is 1. The lowest BCUT2D eigenvalue weighted by molar-refractivity contribution is -0.0491. The molecule has 1 fully saturated rings. The number of aromatic nitrogens is 3. The Morgan fingerprint density at radius 1 is 1.38 bits per heavy atom. The SMILES string of the molecule is CN(C(=O)c1nnn(C)c1C(F)F)C1CCC(F)(F)CC1. The molecule has 2 rings (SSSR count). The predicted molar refractivity (Wildman–Crippen MR) is 65.3 cm³/mol. The second-order valence-electron chi connectivity index (χ2n) is 5.25. The molecular formula is C12H16F4N4O. The van der Waals surface area contributed by atoms with Crippen molar-refractivity contribution in [3.8, 4) is 0 Å². The number of rotatable bonds is 3. The molecule has 1 aromatic heterocycles. The number of hydrogen-bond acceptors (Lipinski definition) is 3. The minimum absolute atomic E-state index is 0.138. The van der Waals surface area contributed by atoms with Crippen LogP contribution in [-0.4, -0.2) is 44.8 Å². The van der Waals surface area contributed by atoms with Crippen molar-refractivity contribution >= 4 is 5.91 Å². The van der Waals surface area contributed by atoms with Crippen LogP contribution in [0.25, 0.3) is 0 Å². The topological polar surface area (TPSA) is 51.0 Å². The molecule has 1 aliphatic carbocycles. The Labute approximate surface area is 118 Å². The summed E-state index contributed by atoms with van der Waals surface area (Å²) >= 11 is 0. The molecule has 9 heteroatoms. The largest absolute Gasteiger partial charge is 0.337 e. The number of amides is 1. The minimum Gasteiger partial charge on any atom is -0.337 e. The number of hydrogen-bond donors (Lipinski definition) is 0. The minimum atomic E-state index is -2.88. The number of alkyl halides is 4. The van der Waals surface area contributed by atoms with Gasteiger partial charge in [0.15, 0.2) is 5.69 Å². The fraction of sp³-hybridized carbons (Fsp3) is 0.750. The Bertz CT molecular complexity index is 521. The highest BCUT2D eigenvalue weighted by Gasteiger charge is 2.38. The van der Waals surface area contributed by atoms with Gasteiger partial charge >= 0.3 is 0 Å². The van der Waals surface area contributed by atoms with Crippen LogP contribution in [0.5, 0.6) is 0 Å². The van der Waals surface area contributed by atoms with Gasteiger partial charge in [-0.15, -0.1) is 5.10 Å². The van der Waals surface area contributed by atoms with E-state index in [-0.39, 0.29) is 25.7 Å². The van der Waals surface area contributed by atoms with E-state index in [1.54, 1.807) is 0 Å².